The third kappa shape index (κ3) is 4.30. The van der Waals surface area contributed by atoms with Crippen molar-refractivity contribution in [3.63, 3.8) is 0 Å². The minimum Gasteiger partial charge on any atom is -0.468 e. The summed E-state index contributed by atoms with van der Waals surface area (Å²) in [4.78, 5) is 40.1. The molecular weight excluding hydrogens is 374 g/mol. The first-order valence-corrected chi connectivity index (χ1v) is 12.5. The van der Waals surface area contributed by atoms with Crippen LogP contribution in [0.1, 0.15) is 40.5 Å². The van der Waals surface area contributed by atoms with Gasteiger partial charge in [-0.15, -0.1) is 13.2 Å². The Hall–Kier alpha value is -1.73. The van der Waals surface area contributed by atoms with Crippen molar-refractivity contribution in [2.75, 3.05) is 13.7 Å². The van der Waals surface area contributed by atoms with Gasteiger partial charge in [0.15, 0.2) is 13.7 Å². The molecule has 6 nitrogen and oxygen atoms in total. The van der Waals surface area contributed by atoms with Crippen molar-refractivity contribution in [2.24, 2.45) is 5.41 Å². The summed E-state index contributed by atoms with van der Waals surface area (Å²) < 4.78 is 11.6. The Morgan fingerprint density at radius 2 is 1.82 bits per heavy atom. The summed E-state index contributed by atoms with van der Waals surface area (Å²) in [6.45, 7) is 19.5. The van der Waals surface area contributed by atoms with Gasteiger partial charge in [0.1, 0.15) is 5.78 Å². The van der Waals surface area contributed by atoms with Crippen molar-refractivity contribution in [2.45, 2.75) is 70.8 Å². The van der Waals surface area contributed by atoms with Crippen LogP contribution in [0.15, 0.2) is 25.3 Å². The summed E-state index contributed by atoms with van der Waals surface area (Å²) in [5.74, 6) is -1.19. The second-order valence-corrected chi connectivity index (χ2v) is 13.7. The smallest absolute Gasteiger partial charge is 0.321 e. The summed E-state index contributed by atoms with van der Waals surface area (Å²) >= 11 is 0. The van der Waals surface area contributed by atoms with Gasteiger partial charge in [-0.1, -0.05) is 32.9 Å². The largest absolute Gasteiger partial charge is 0.468 e. The first-order valence-electron chi connectivity index (χ1n) is 9.58. The van der Waals surface area contributed by atoms with Gasteiger partial charge in [-0.2, -0.15) is 0 Å². The van der Waals surface area contributed by atoms with E-state index in [-0.39, 0.29) is 36.1 Å². The van der Waals surface area contributed by atoms with Crippen LogP contribution in [0.4, 0.5) is 0 Å². The van der Waals surface area contributed by atoms with Gasteiger partial charge >= 0.3 is 5.97 Å². The van der Waals surface area contributed by atoms with E-state index in [9.17, 15) is 14.4 Å². The lowest BCUT2D eigenvalue weighted by Crippen LogP contribution is -2.60. The van der Waals surface area contributed by atoms with Crippen molar-refractivity contribution in [1.29, 1.82) is 0 Å². The quantitative estimate of drug-likeness (QED) is 0.252. The standard InChI is InChI=1S/C21H35NO5Si/c1-10-12-21(15(3)23,19(25)26-7)18-16(14-17(24)22(18)13-11-2)27-28(8,9)20(4,5)6/h10-11,16,18H,1-2,12-14H2,3-9H3/t16-,18+,21?/m1/s1. The number of allylic oxidation sites excluding steroid dienone is 1. The van der Waals surface area contributed by atoms with Crippen molar-refractivity contribution >= 4 is 26.0 Å². The van der Waals surface area contributed by atoms with Gasteiger partial charge in [-0.3, -0.25) is 14.4 Å². The number of carbonyl (C=O) groups excluding carboxylic acids is 3. The first-order chi connectivity index (χ1) is 12.8. The molecule has 0 radical (unpaired) electrons. The molecular formula is C21H35NO5Si. The summed E-state index contributed by atoms with van der Waals surface area (Å²) in [5, 5.41) is -0.0883. The maximum atomic E-state index is 12.9. The molecule has 0 N–H and O–H groups in total. The van der Waals surface area contributed by atoms with Crippen LogP contribution >= 0.6 is 0 Å². The van der Waals surface area contributed by atoms with E-state index in [4.69, 9.17) is 9.16 Å². The number of amides is 1. The maximum absolute atomic E-state index is 12.9. The topological polar surface area (TPSA) is 72.9 Å². The zero-order valence-electron chi connectivity index (χ0n) is 18.3. The Morgan fingerprint density at radius 1 is 1.25 bits per heavy atom. The van der Waals surface area contributed by atoms with Crippen LogP contribution in [0.25, 0.3) is 0 Å². The minimum atomic E-state index is -2.27. The fraction of sp³-hybridized carbons (Fsp3) is 0.667. The molecule has 28 heavy (non-hydrogen) atoms. The van der Waals surface area contributed by atoms with Gasteiger partial charge in [0.25, 0.3) is 0 Å². The summed E-state index contributed by atoms with van der Waals surface area (Å²) in [6, 6.07) is -0.768. The van der Waals surface area contributed by atoms with Gasteiger partial charge in [0, 0.05) is 6.54 Å². The van der Waals surface area contributed by atoms with Crippen LogP contribution in [0.2, 0.25) is 18.1 Å². The van der Waals surface area contributed by atoms with E-state index in [0.29, 0.717) is 0 Å². The van der Waals surface area contributed by atoms with Crippen molar-refractivity contribution in [3.8, 4) is 0 Å². The van der Waals surface area contributed by atoms with E-state index in [1.54, 1.807) is 6.08 Å². The highest BCUT2D eigenvalue weighted by Crippen LogP contribution is 2.45. The summed E-state index contributed by atoms with van der Waals surface area (Å²) in [7, 11) is -1.02. The number of hydrogen-bond donors (Lipinski definition) is 0. The Labute approximate surface area is 170 Å². The van der Waals surface area contributed by atoms with Crippen molar-refractivity contribution < 1.29 is 23.5 Å². The molecule has 1 amide bonds. The number of likely N-dealkylation sites (tertiary alicyclic amines) is 1. The van der Waals surface area contributed by atoms with E-state index in [0.717, 1.165) is 0 Å². The number of nitrogens with zero attached hydrogens (tertiary/aromatic N) is 1. The van der Waals surface area contributed by atoms with Crippen LogP contribution in [0, 0.1) is 5.41 Å². The van der Waals surface area contributed by atoms with Crippen LogP contribution in [-0.4, -0.2) is 56.7 Å². The number of carbonyl (C=O) groups is 3. The maximum Gasteiger partial charge on any atom is 0.321 e. The molecule has 0 aromatic carbocycles. The third-order valence-electron chi connectivity index (χ3n) is 6.11. The number of ketones is 1. The predicted octanol–water partition coefficient (Wildman–Crippen LogP) is 3.49. The molecule has 1 unspecified atom stereocenters. The highest BCUT2D eigenvalue weighted by Gasteiger charge is 2.60. The highest BCUT2D eigenvalue weighted by atomic mass is 28.4. The zero-order chi connectivity index (χ0) is 21.9. The first kappa shape index (κ1) is 24.3. The Morgan fingerprint density at radius 3 is 2.21 bits per heavy atom. The molecule has 1 fully saturated rings. The Balaban J connectivity index is 3.61. The number of hydrogen-bond acceptors (Lipinski definition) is 5. The molecule has 1 rings (SSSR count). The average Bonchev–Trinajstić information content (AvgIpc) is 2.86. The number of rotatable bonds is 9. The van der Waals surface area contributed by atoms with E-state index >= 15 is 0 Å². The minimum absolute atomic E-state index is 0.0674. The van der Waals surface area contributed by atoms with Crippen LogP contribution < -0.4 is 0 Å². The molecule has 0 aromatic heterocycles. The molecule has 1 heterocycles. The summed E-state index contributed by atoms with van der Waals surface area (Å²) in [5.41, 5.74) is -1.56. The van der Waals surface area contributed by atoms with Crippen LogP contribution in [-0.2, 0) is 23.5 Å². The molecule has 0 aliphatic carbocycles. The molecule has 0 spiro atoms. The molecule has 1 saturated heterocycles. The van der Waals surface area contributed by atoms with E-state index < -0.39 is 31.8 Å². The van der Waals surface area contributed by atoms with Crippen LogP contribution in [0.3, 0.4) is 0 Å². The molecule has 3 atom stereocenters. The molecule has 1 aliphatic heterocycles. The molecule has 0 bridgehead atoms. The Bertz CT molecular complexity index is 652. The second kappa shape index (κ2) is 8.74. The second-order valence-electron chi connectivity index (χ2n) is 8.91. The van der Waals surface area contributed by atoms with Crippen LogP contribution in [0.5, 0.6) is 0 Å². The lowest BCUT2D eigenvalue weighted by molar-refractivity contribution is -0.164. The normalized spacial score (nSPS) is 22.5. The monoisotopic (exact) mass is 409 g/mol. The van der Waals surface area contributed by atoms with E-state index in [2.05, 4.69) is 47.0 Å². The predicted molar refractivity (Wildman–Crippen MR) is 112 cm³/mol. The van der Waals surface area contributed by atoms with Gasteiger partial charge < -0.3 is 14.1 Å². The van der Waals surface area contributed by atoms with Gasteiger partial charge in [0.05, 0.1) is 25.7 Å². The number of Topliss-reactive ketones (excluding diaryl/α,β-unsaturated/α-hetero) is 1. The molecule has 7 heteroatoms. The van der Waals surface area contributed by atoms with E-state index in [1.807, 2.05) is 0 Å². The fourth-order valence-electron chi connectivity index (χ4n) is 3.59. The highest BCUT2D eigenvalue weighted by molar-refractivity contribution is 6.74. The number of methoxy groups -OCH3 is 1. The molecule has 158 valence electrons. The van der Waals surface area contributed by atoms with Gasteiger partial charge in [0.2, 0.25) is 5.91 Å². The van der Waals surface area contributed by atoms with Crippen molar-refractivity contribution in [3.05, 3.63) is 25.3 Å². The number of ether oxygens (including phenoxy) is 1. The SMILES string of the molecule is C=CCN1C(=O)C[C@@H](O[Si](C)(C)C(C)(C)C)[C@H]1C(CC=C)(C(C)=O)C(=O)OC. The average molecular weight is 410 g/mol. The lowest BCUT2D eigenvalue weighted by atomic mass is 9.72. The lowest BCUT2D eigenvalue weighted by Gasteiger charge is -2.44. The van der Waals surface area contributed by atoms with Crippen molar-refractivity contribution in [1.82, 2.24) is 4.90 Å². The number of esters is 1. The molecule has 0 aromatic rings. The molecule has 0 saturated carbocycles. The summed E-state index contributed by atoms with van der Waals surface area (Å²) in [6.07, 6.45) is 2.72. The fourth-order valence-corrected chi connectivity index (χ4v) is 4.91. The zero-order valence-corrected chi connectivity index (χ0v) is 19.3. The third-order valence-corrected chi connectivity index (χ3v) is 10.6. The Kier molecular flexibility index (Phi) is 7.58. The van der Waals surface area contributed by atoms with Gasteiger partial charge in [-0.05, 0) is 31.5 Å². The van der Waals surface area contributed by atoms with Gasteiger partial charge in [-0.25, -0.2) is 0 Å². The molecule has 1 aliphatic rings. The van der Waals surface area contributed by atoms with E-state index in [1.165, 1.54) is 25.0 Å².